The molecule has 0 radical (unpaired) electrons. The summed E-state index contributed by atoms with van der Waals surface area (Å²) >= 11 is 0. The summed E-state index contributed by atoms with van der Waals surface area (Å²) in [5, 5.41) is 3.52. The van der Waals surface area contributed by atoms with Gasteiger partial charge in [0.2, 0.25) is 0 Å². The number of nitrogens with one attached hydrogen (secondary N) is 1. The number of para-hydroxylation sites is 2. The lowest BCUT2D eigenvalue weighted by Crippen LogP contribution is -2.32. The molecule has 0 amide bonds. The Hall–Kier alpha value is -1.22. The van der Waals surface area contributed by atoms with Crippen LogP contribution in [0.3, 0.4) is 0 Å². The van der Waals surface area contributed by atoms with Crippen LogP contribution in [-0.4, -0.2) is 26.3 Å². The lowest BCUT2D eigenvalue weighted by Gasteiger charge is -2.23. The van der Waals surface area contributed by atoms with E-state index >= 15 is 0 Å². The van der Waals surface area contributed by atoms with Crippen LogP contribution < -0.4 is 14.8 Å². The predicted molar refractivity (Wildman–Crippen MR) is 84.6 cm³/mol. The molecule has 1 aromatic rings. The van der Waals surface area contributed by atoms with Gasteiger partial charge in [0, 0.05) is 6.04 Å². The van der Waals surface area contributed by atoms with Crippen molar-refractivity contribution in [2.24, 2.45) is 11.8 Å². The van der Waals surface area contributed by atoms with Crippen molar-refractivity contribution in [2.75, 3.05) is 20.3 Å². The fourth-order valence-electron chi connectivity index (χ4n) is 2.12. The zero-order chi connectivity index (χ0) is 15.0. The zero-order valence-corrected chi connectivity index (χ0v) is 13.5. The topological polar surface area (TPSA) is 30.5 Å². The van der Waals surface area contributed by atoms with Crippen LogP contribution in [0.25, 0.3) is 0 Å². The Morgan fingerprint density at radius 2 is 1.70 bits per heavy atom. The van der Waals surface area contributed by atoms with Gasteiger partial charge in [-0.15, -0.1) is 0 Å². The summed E-state index contributed by atoms with van der Waals surface area (Å²) in [6, 6.07) is 8.34. The molecule has 0 saturated heterocycles. The molecule has 0 fully saturated rings. The molecular formula is C17H29NO2. The molecule has 0 aliphatic heterocycles. The van der Waals surface area contributed by atoms with E-state index in [2.05, 4.69) is 33.0 Å². The van der Waals surface area contributed by atoms with E-state index in [0.29, 0.717) is 17.9 Å². The molecule has 1 unspecified atom stereocenters. The highest BCUT2D eigenvalue weighted by Crippen LogP contribution is 2.26. The largest absolute Gasteiger partial charge is 0.493 e. The molecule has 1 atom stereocenters. The Labute approximate surface area is 123 Å². The molecule has 3 heteroatoms. The van der Waals surface area contributed by atoms with Crippen molar-refractivity contribution in [1.29, 1.82) is 0 Å². The quantitative estimate of drug-likeness (QED) is 0.747. The molecule has 20 heavy (non-hydrogen) atoms. The Kier molecular flexibility index (Phi) is 7.45. The van der Waals surface area contributed by atoms with Gasteiger partial charge in [0.05, 0.1) is 13.7 Å². The summed E-state index contributed by atoms with van der Waals surface area (Å²) in [4.78, 5) is 0. The molecule has 1 rings (SSSR count). The van der Waals surface area contributed by atoms with Crippen LogP contribution in [0.15, 0.2) is 24.3 Å². The van der Waals surface area contributed by atoms with Crippen LogP contribution >= 0.6 is 0 Å². The maximum absolute atomic E-state index is 5.86. The molecule has 0 heterocycles. The molecule has 0 aromatic heterocycles. The van der Waals surface area contributed by atoms with Crippen LogP contribution in [0.2, 0.25) is 0 Å². The van der Waals surface area contributed by atoms with Crippen molar-refractivity contribution in [1.82, 2.24) is 5.32 Å². The molecule has 1 aromatic carbocycles. The lowest BCUT2D eigenvalue weighted by molar-refractivity contribution is 0.233. The smallest absolute Gasteiger partial charge is 0.161 e. The monoisotopic (exact) mass is 279 g/mol. The third kappa shape index (κ3) is 5.83. The summed E-state index contributed by atoms with van der Waals surface area (Å²) < 4.78 is 11.2. The number of ether oxygens (including phenoxy) is 2. The standard InChI is InChI=1S/C17H29NO2/c1-13(2)15(12-18-14(3)4)10-11-20-17-9-7-6-8-16(17)19-5/h6-9,13-15,18H,10-12H2,1-5H3. The Bertz CT molecular complexity index is 377. The maximum Gasteiger partial charge on any atom is 0.161 e. The third-order valence-corrected chi connectivity index (χ3v) is 3.55. The lowest BCUT2D eigenvalue weighted by atomic mass is 9.92. The SMILES string of the molecule is COc1ccccc1OCCC(CNC(C)C)C(C)C. The van der Waals surface area contributed by atoms with Gasteiger partial charge in [0.15, 0.2) is 11.5 Å². The minimum atomic E-state index is 0.534. The summed E-state index contributed by atoms with van der Waals surface area (Å²) in [7, 11) is 1.67. The second-order valence-corrected chi connectivity index (χ2v) is 5.86. The fraction of sp³-hybridized carbons (Fsp3) is 0.647. The number of rotatable bonds is 9. The third-order valence-electron chi connectivity index (χ3n) is 3.55. The molecule has 1 N–H and O–H groups in total. The van der Waals surface area contributed by atoms with Crippen LogP contribution in [0, 0.1) is 11.8 Å². The molecular weight excluding hydrogens is 250 g/mol. The highest BCUT2D eigenvalue weighted by Gasteiger charge is 2.14. The summed E-state index contributed by atoms with van der Waals surface area (Å²) in [5.41, 5.74) is 0. The summed E-state index contributed by atoms with van der Waals surface area (Å²) in [5.74, 6) is 2.91. The second-order valence-electron chi connectivity index (χ2n) is 5.86. The zero-order valence-electron chi connectivity index (χ0n) is 13.5. The van der Waals surface area contributed by atoms with Crippen molar-refractivity contribution in [3.63, 3.8) is 0 Å². The van der Waals surface area contributed by atoms with Gasteiger partial charge in [0.25, 0.3) is 0 Å². The molecule has 0 saturated carbocycles. The van der Waals surface area contributed by atoms with E-state index in [1.165, 1.54) is 0 Å². The Morgan fingerprint density at radius 3 is 2.25 bits per heavy atom. The van der Waals surface area contributed by atoms with E-state index in [0.717, 1.165) is 31.1 Å². The van der Waals surface area contributed by atoms with Gasteiger partial charge in [0.1, 0.15) is 0 Å². The first-order chi connectivity index (χ1) is 9.54. The van der Waals surface area contributed by atoms with Crippen molar-refractivity contribution >= 4 is 0 Å². The second kappa shape index (κ2) is 8.85. The van der Waals surface area contributed by atoms with E-state index < -0.39 is 0 Å². The van der Waals surface area contributed by atoms with Crippen LogP contribution in [-0.2, 0) is 0 Å². The van der Waals surface area contributed by atoms with Crippen molar-refractivity contribution < 1.29 is 9.47 Å². The first-order valence-corrected chi connectivity index (χ1v) is 7.53. The van der Waals surface area contributed by atoms with Crippen molar-refractivity contribution in [3.05, 3.63) is 24.3 Å². The van der Waals surface area contributed by atoms with E-state index in [1.807, 2.05) is 24.3 Å². The van der Waals surface area contributed by atoms with Crippen LogP contribution in [0.5, 0.6) is 11.5 Å². The maximum atomic E-state index is 5.86. The predicted octanol–water partition coefficient (Wildman–Crippen LogP) is 3.73. The van der Waals surface area contributed by atoms with E-state index in [-0.39, 0.29) is 0 Å². The average molecular weight is 279 g/mol. The van der Waals surface area contributed by atoms with Crippen molar-refractivity contribution in [2.45, 2.75) is 40.2 Å². The average Bonchev–Trinajstić information content (AvgIpc) is 2.42. The minimum absolute atomic E-state index is 0.534. The molecule has 0 bridgehead atoms. The number of hydrogen-bond donors (Lipinski definition) is 1. The van der Waals surface area contributed by atoms with Gasteiger partial charge >= 0.3 is 0 Å². The van der Waals surface area contributed by atoms with Gasteiger partial charge in [-0.05, 0) is 36.9 Å². The van der Waals surface area contributed by atoms with Crippen molar-refractivity contribution in [3.8, 4) is 11.5 Å². The van der Waals surface area contributed by atoms with E-state index in [1.54, 1.807) is 7.11 Å². The minimum Gasteiger partial charge on any atom is -0.493 e. The Balaban J connectivity index is 2.43. The van der Waals surface area contributed by atoms with Gasteiger partial charge in [-0.3, -0.25) is 0 Å². The van der Waals surface area contributed by atoms with E-state index in [9.17, 15) is 0 Å². The first kappa shape index (κ1) is 16.8. The fourth-order valence-corrected chi connectivity index (χ4v) is 2.12. The molecule has 3 nitrogen and oxygen atoms in total. The van der Waals surface area contributed by atoms with Gasteiger partial charge in [-0.25, -0.2) is 0 Å². The van der Waals surface area contributed by atoms with Gasteiger partial charge in [-0.1, -0.05) is 39.8 Å². The Morgan fingerprint density at radius 1 is 1.05 bits per heavy atom. The molecule has 114 valence electrons. The number of benzene rings is 1. The normalized spacial score (nSPS) is 12.8. The van der Waals surface area contributed by atoms with Crippen LogP contribution in [0.4, 0.5) is 0 Å². The van der Waals surface area contributed by atoms with E-state index in [4.69, 9.17) is 9.47 Å². The highest BCUT2D eigenvalue weighted by molar-refractivity contribution is 5.39. The molecule has 0 spiro atoms. The van der Waals surface area contributed by atoms with Gasteiger partial charge < -0.3 is 14.8 Å². The number of methoxy groups -OCH3 is 1. The van der Waals surface area contributed by atoms with Crippen LogP contribution in [0.1, 0.15) is 34.1 Å². The number of hydrogen-bond acceptors (Lipinski definition) is 3. The summed E-state index contributed by atoms with van der Waals surface area (Å²) in [6.07, 6.45) is 1.05. The highest BCUT2D eigenvalue weighted by atomic mass is 16.5. The first-order valence-electron chi connectivity index (χ1n) is 7.53. The molecule has 0 aliphatic carbocycles. The summed E-state index contributed by atoms with van der Waals surface area (Å²) in [6.45, 7) is 10.7. The van der Waals surface area contributed by atoms with Gasteiger partial charge in [-0.2, -0.15) is 0 Å². The molecule has 0 aliphatic rings.